The summed E-state index contributed by atoms with van der Waals surface area (Å²) < 4.78 is 0. The number of hydrogen-bond donors (Lipinski definition) is 0. The molecule has 0 radical (unpaired) electrons. The molecule has 39 heavy (non-hydrogen) atoms. The minimum atomic E-state index is -0.491. The molecule has 0 aromatic heterocycles. The van der Waals surface area contributed by atoms with E-state index in [0.717, 1.165) is 0 Å². The van der Waals surface area contributed by atoms with Crippen LogP contribution in [0, 0.1) is 0 Å². The first-order valence-electron chi connectivity index (χ1n) is 13.5. The zero-order chi connectivity index (χ0) is 26.2. The molecule has 1 heteroatoms. The van der Waals surface area contributed by atoms with Crippen molar-refractivity contribution in [1.29, 1.82) is 0 Å². The van der Waals surface area contributed by atoms with E-state index in [1.54, 1.807) is 0 Å². The van der Waals surface area contributed by atoms with Gasteiger partial charge in [-0.15, -0.1) is 0 Å². The van der Waals surface area contributed by atoms with Gasteiger partial charge in [-0.2, -0.15) is 0 Å². The predicted molar refractivity (Wildman–Crippen MR) is 164 cm³/mol. The Kier molecular flexibility index (Phi) is 5.64. The van der Waals surface area contributed by atoms with Gasteiger partial charge in [0.25, 0.3) is 0 Å². The van der Waals surface area contributed by atoms with Crippen LogP contribution in [0.2, 0.25) is 0 Å². The summed E-state index contributed by atoms with van der Waals surface area (Å²) in [5, 5.41) is 0. The molecule has 0 spiro atoms. The predicted octanol–water partition coefficient (Wildman–Crippen LogP) is 9.48. The average Bonchev–Trinajstić information content (AvgIpc) is 3.03. The van der Waals surface area contributed by atoms with Crippen LogP contribution in [0.5, 0.6) is 0 Å². The molecule has 1 nitrogen and oxygen atoms in total. The van der Waals surface area contributed by atoms with Gasteiger partial charge in [0.2, 0.25) is 0 Å². The van der Waals surface area contributed by atoms with Crippen molar-refractivity contribution in [3.63, 3.8) is 0 Å². The summed E-state index contributed by atoms with van der Waals surface area (Å²) >= 11 is 0. The molecule has 0 saturated heterocycles. The summed E-state index contributed by atoms with van der Waals surface area (Å²) in [6.45, 7) is 0. The van der Waals surface area contributed by atoms with Crippen LogP contribution >= 0.6 is 0 Å². The number of benzene rings is 6. The molecule has 0 amide bonds. The monoisotopic (exact) mass is 499 g/mol. The van der Waals surface area contributed by atoms with Crippen molar-refractivity contribution in [2.24, 2.45) is 0 Å². The van der Waals surface area contributed by atoms with Gasteiger partial charge >= 0.3 is 0 Å². The fourth-order valence-corrected chi connectivity index (χ4v) is 6.32. The second-order valence-electron chi connectivity index (χ2n) is 10.2. The van der Waals surface area contributed by atoms with Crippen molar-refractivity contribution in [2.45, 2.75) is 5.41 Å². The van der Waals surface area contributed by atoms with Crippen LogP contribution in [0.1, 0.15) is 22.3 Å². The van der Waals surface area contributed by atoms with E-state index in [0.29, 0.717) is 0 Å². The number of fused-ring (bicyclic) bond motifs is 2. The van der Waals surface area contributed by atoms with Gasteiger partial charge in [-0.3, -0.25) is 0 Å². The summed E-state index contributed by atoms with van der Waals surface area (Å²) in [6.07, 6.45) is 0. The highest BCUT2D eigenvalue weighted by molar-refractivity contribution is 5.87. The van der Waals surface area contributed by atoms with E-state index in [1.165, 1.54) is 55.9 Å². The topological polar surface area (TPSA) is 3.24 Å². The number of nitrogens with zero attached hydrogens (tertiary/aromatic N) is 1. The van der Waals surface area contributed by atoms with E-state index in [2.05, 4.69) is 170 Å². The van der Waals surface area contributed by atoms with Crippen molar-refractivity contribution in [3.8, 4) is 22.3 Å². The lowest BCUT2D eigenvalue weighted by atomic mass is 9.62. The molecule has 0 unspecified atom stereocenters. The van der Waals surface area contributed by atoms with Gasteiger partial charge in [-0.25, -0.2) is 0 Å². The van der Waals surface area contributed by atoms with Gasteiger partial charge in [0.05, 0.1) is 5.41 Å². The first-order valence-corrected chi connectivity index (χ1v) is 13.5. The van der Waals surface area contributed by atoms with E-state index in [-0.39, 0.29) is 0 Å². The Hall–Kier alpha value is -4.88. The van der Waals surface area contributed by atoms with E-state index in [4.69, 9.17) is 0 Å². The van der Waals surface area contributed by atoms with Crippen molar-refractivity contribution in [1.82, 2.24) is 0 Å². The Morgan fingerprint density at radius 2 is 0.744 bits per heavy atom. The van der Waals surface area contributed by atoms with Gasteiger partial charge in [0, 0.05) is 18.4 Å². The zero-order valence-corrected chi connectivity index (χ0v) is 22.0. The summed E-state index contributed by atoms with van der Waals surface area (Å²) in [5.41, 5.74) is 12.0. The molecule has 0 aliphatic carbocycles. The molecule has 7 rings (SSSR count). The maximum absolute atomic E-state index is 2.42. The standard InChI is InChI=1S/C38H29N/c1-39-36-24-22-30(28-14-6-2-7-15-28)26-34(36)38(32-18-10-4-11-19-32,33-20-12-5-13-21-33)35-27-31(23-25-37(35)39)29-16-8-3-9-17-29/h2-27H,1H3. The normalized spacial score (nSPS) is 13.4. The Morgan fingerprint density at radius 3 is 1.13 bits per heavy atom. The highest BCUT2D eigenvalue weighted by atomic mass is 15.1. The Balaban J connectivity index is 1.62. The van der Waals surface area contributed by atoms with Crippen LogP contribution in [0.25, 0.3) is 22.3 Å². The molecule has 6 aromatic rings. The first kappa shape index (κ1) is 23.3. The third-order valence-electron chi connectivity index (χ3n) is 8.15. The molecule has 1 heterocycles. The third-order valence-corrected chi connectivity index (χ3v) is 8.15. The maximum atomic E-state index is 2.42. The highest BCUT2D eigenvalue weighted by Crippen LogP contribution is 2.56. The van der Waals surface area contributed by atoms with Gasteiger partial charge in [0.1, 0.15) is 0 Å². The second-order valence-corrected chi connectivity index (χ2v) is 10.2. The van der Waals surface area contributed by atoms with E-state index in [1.807, 2.05) is 0 Å². The molecular formula is C38H29N. The summed E-state index contributed by atoms with van der Waals surface area (Å²) in [5.74, 6) is 0. The smallest absolute Gasteiger partial charge is 0.0742 e. The van der Waals surface area contributed by atoms with Crippen LogP contribution in [-0.2, 0) is 5.41 Å². The van der Waals surface area contributed by atoms with Gasteiger partial charge in [-0.1, -0.05) is 133 Å². The molecule has 0 N–H and O–H groups in total. The quantitative estimate of drug-likeness (QED) is 0.233. The van der Waals surface area contributed by atoms with E-state index < -0.39 is 5.41 Å². The lowest BCUT2D eigenvalue weighted by Gasteiger charge is -2.46. The van der Waals surface area contributed by atoms with Crippen molar-refractivity contribution >= 4 is 11.4 Å². The van der Waals surface area contributed by atoms with Crippen LogP contribution in [0.15, 0.2) is 158 Å². The molecule has 0 atom stereocenters. The first-order chi connectivity index (χ1) is 19.3. The molecule has 186 valence electrons. The molecule has 0 fully saturated rings. The molecule has 0 saturated carbocycles. The second kappa shape index (κ2) is 9.45. The van der Waals surface area contributed by atoms with Gasteiger partial charge in [-0.05, 0) is 68.8 Å². The Bertz CT molecular complexity index is 1610. The largest absolute Gasteiger partial charge is 0.344 e. The average molecular weight is 500 g/mol. The molecule has 1 aliphatic heterocycles. The van der Waals surface area contributed by atoms with Crippen molar-refractivity contribution in [3.05, 3.63) is 180 Å². The molecular weight excluding hydrogens is 470 g/mol. The Morgan fingerprint density at radius 1 is 0.385 bits per heavy atom. The van der Waals surface area contributed by atoms with Gasteiger partial charge in [0.15, 0.2) is 0 Å². The third kappa shape index (κ3) is 3.70. The van der Waals surface area contributed by atoms with Gasteiger partial charge < -0.3 is 4.90 Å². The summed E-state index contributed by atoms with van der Waals surface area (Å²) in [7, 11) is 2.20. The number of hydrogen-bond acceptors (Lipinski definition) is 1. The lowest BCUT2D eigenvalue weighted by Crippen LogP contribution is -2.38. The molecule has 0 bridgehead atoms. The summed E-state index contributed by atoms with van der Waals surface area (Å²) in [6, 6.07) is 57.4. The lowest BCUT2D eigenvalue weighted by molar-refractivity contribution is 0.728. The van der Waals surface area contributed by atoms with Crippen LogP contribution in [0.4, 0.5) is 11.4 Å². The number of anilines is 2. The maximum Gasteiger partial charge on any atom is 0.0742 e. The fourth-order valence-electron chi connectivity index (χ4n) is 6.32. The highest BCUT2D eigenvalue weighted by Gasteiger charge is 2.45. The minimum absolute atomic E-state index is 0.491. The van der Waals surface area contributed by atoms with Crippen LogP contribution in [0.3, 0.4) is 0 Å². The minimum Gasteiger partial charge on any atom is -0.344 e. The molecule has 6 aromatic carbocycles. The number of rotatable bonds is 4. The molecule has 1 aliphatic rings. The zero-order valence-electron chi connectivity index (χ0n) is 22.0. The van der Waals surface area contributed by atoms with Crippen molar-refractivity contribution in [2.75, 3.05) is 11.9 Å². The van der Waals surface area contributed by atoms with Crippen molar-refractivity contribution < 1.29 is 0 Å². The summed E-state index contributed by atoms with van der Waals surface area (Å²) in [4.78, 5) is 2.36. The van der Waals surface area contributed by atoms with E-state index in [9.17, 15) is 0 Å². The Labute approximate surface area is 230 Å². The van der Waals surface area contributed by atoms with Crippen LogP contribution in [-0.4, -0.2) is 7.05 Å². The van der Waals surface area contributed by atoms with E-state index >= 15 is 0 Å². The fraction of sp³-hybridized carbons (Fsp3) is 0.0526. The SMILES string of the molecule is CN1c2ccc(-c3ccccc3)cc2C(c2ccccc2)(c2ccccc2)c2cc(-c3ccccc3)ccc21. The van der Waals surface area contributed by atoms with Crippen LogP contribution < -0.4 is 4.90 Å².